The molecular weight excluding hydrogens is 1830 g/mol. The predicted octanol–water partition coefficient (Wildman–Crippen LogP) is 17.7. The van der Waals surface area contributed by atoms with Crippen LogP contribution < -0.4 is 0 Å². The summed E-state index contributed by atoms with van der Waals surface area (Å²) in [6.07, 6.45) is 105. The highest BCUT2D eigenvalue weighted by Crippen LogP contribution is 2.15. The van der Waals surface area contributed by atoms with Gasteiger partial charge in [-0.25, -0.2) is 0 Å². The van der Waals surface area contributed by atoms with Crippen LogP contribution in [0.15, 0.2) is 122 Å². The molecule has 0 aromatic carbocycles. The largest absolute Gasteiger partial charge is 0.481 e. The van der Waals surface area contributed by atoms with Gasteiger partial charge in [0.1, 0.15) is 42.7 Å². The predicted molar refractivity (Wildman–Crippen MR) is 576 cm³/mol. The van der Waals surface area contributed by atoms with Crippen molar-refractivity contribution in [1.29, 1.82) is 0 Å². The first-order chi connectivity index (χ1) is 68.5. The van der Waals surface area contributed by atoms with Gasteiger partial charge in [-0.3, -0.25) is 24.0 Å². The molecule has 0 aromatic rings. The van der Waals surface area contributed by atoms with Crippen LogP contribution in [0, 0.1) is 0 Å². The summed E-state index contributed by atoms with van der Waals surface area (Å²) < 4.78 is 0. The van der Waals surface area contributed by atoms with Crippen LogP contribution in [0.5, 0.6) is 0 Å². The molecule has 31 nitrogen and oxygen atoms in total. The molecule has 0 aliphatic heterocycles. The van der Waals surface area contributed by atoms with Crippen molar-refractivity contribution in [3.63, 3.8) is 0 Å². The minimum atomic E-state index is -0.954. The molecule has 0 saturated carbocycles. The summed E-state index contributed by atoms with van der Waals surface area (Å²) >= 11 is 0. The molecule has 0 fully saturated rings. The molecule has 0 amide bonds. The summed E-state index contributed by atoms with van der Waals surface area (Å²) in [5.74, 6) is -3.35. The van der Waals surface area contributed by atoms with Crippen molar-refractivity contribution in [1.82, 2.24) is 0 Å². The minimum absolute atomic E-state index is 0.324. The summed E-state index contributed by atoms with van der Waals surface area (Å²) in [5, 5.41) is 211. The zero-order valence-electron chi connectivity index (χ0n) is 89.1. The summed E-state index contributed by atoms with van der Waals surface area (Å²) in [6, 6.07) is 0. The third-order valence-corrected chi connectivity index (χ3v) is 19.7. The van der Waals surface area contributed by atoms with Crippen LogP contribution in [-0.2, 0) is 24.0 Å². The normalized spacial score (nSPS) is 11.2. The Morgan fingerprint density at radius 3 is 0.324 bits per heavy atom. The van der Waals surface area contributed by atoms with E-state index in [0.29, 0.717) is 32.1 Å². The van der Waals surface area contributed by atoms with E-state index in [9.17, 15) is 24.0 Å². The lowest BCUT2D eigenvalue weighted by molar-refractivity contribution is -0.138. The Hall–Kier alpha value is -6.09. The quantitative estimate of drug-likeness (QED) is 0.0199. The van der Waals surface area contributed by atoms with E-state index in [0.717, 1.165) is 128 Å². The number of rotatable bonds is 84. The number of aliphatic carboxylic acids is 5. The molecule has 0 atom stereocenters. The topological polar surface area (TPSA) is 611 Å². The maximum absolute atomic E-state index is 10.3. The van der Waals surface area contributed by atoms with Crippen molar-refractivity contribution < 1.29 is 157 Å². The van der Waals surface area contributed by atoms with Crippen molar-refractivity contribution in [2.45, 2.75) is 463 Å². The van der Waals surface area contributed by atoms with E-state index in [2.05, 4.69) is 156 Å². The number of carboxylic acids is 5. The Kier molecular flexibility index (Phi) is 179. The molecular formula is C111H216O31. The van der Waals surface area contributed by atoms with Crippen LogP contribution in [0.1, 0.15) is 420 Å². The lowest BCUT2D eigenvalue weighted by atomic mass is 10.1. The van der Waals surface area contributed by atoms with Crippen molar-refractivity contribution in [2.24, 2.45) is 0 Å². The van der Waals surface area contributed by atoms with E-state index in [1.165, 1.54) is 225 Å². The van der Waals surface area contributed by atoms with Crippen LogP contribution in [0.25, 0.3) is 0 Å². The number of aliphatic hydroxyl groups is 21. The zero-order valence-corrected chi connectivity index (χ0v) is 89.1. The summed E-state index contributed by atoms with van der Waals surface area (Å²) in [4.78, 5) is 51.6. The highest BCUT2D eigenvalue weighted by atomic mass is 16.4. The van der Waals surface area contributed by atoms with Crippen molar-refractivity contribution in [3.8, 4) is 0 Å². The number of hydrogen-bond acceptors (Lipinski definition) is 26. The molecule has 0 unspecified atom stereocenters. The second kappa shape index (κ2) is 158. The molecule has 0 spiro atoms. The number of carboxylic acid groups (broad SMARTS) is 5. The maximum Gasteiger partial charge on any atom is 0.303 e. The van der Waals surface area contributed by atoms with Crippen LogP contribution >= 0.6 is 0 Å². The first kappa shape index (κ1) is 161. The molecule has 142 heavy (non-hydrogen) atoms. The van der Waals surface area contributed by atoms with E-state index in [1.54, 1.807) is 0 Å². The first-order valence-electron chi connectivity index (χ1n) is 53.4. The summed E-state index contributed by atoms with van der Waals surface area (Å²) in [6.45, 7) is 6.07. The van der Waals surface area contributed by atoms with E-state index in [1.807, 2.05) is 0 Å². The van der Waals surface area contributed by atoms with E-state index >= 15 is 0 Å². The van der Waals surface area contributed by atoms with Crippen LogP contribution in [-0.4, -0.2) is 298 Å². The van der Waals surface area contributed by atoms with E-state index < -0.39 is 72.6 Å². The van der Waals surface area contributed by atoms with Gasteiger partial charge in [0.25, 0.3) is 0 Å². The third-order valence-electron chi connectivity index (χ3n) is 19.7. The second-order valence-electron chi connectivity index (χ2n) is 34.0. The SMILES string of the molecule is CCCCC/C=C\C/C=C\CCCCCCCC(=O)O.CCCCC/C=C\C/C=C\CCCCCCCC(=O)O.CCCCC/C=C\C/C=C\CCCCCCCC(=O)O.CCCCC/C=C\C/C=C\CCCCCCCC(=O)O.CCCCC/C=C\C/C=C\CCCCCCCC(=O)O.OCC(O)CO.OCC(O)CO.OCC(O)CO.OCC(O)CO.OCC(O)CO.OCC(O)CO.OCC(O)CO. The summed E-state index contributed by atoms with van der Waals surface area (Å²) in [5.41, 5.74) is 0. The Labute approximate surface area is 859 Å². The van der Waals surface area contributed by atoms with Crippen molar-refractivity contribution in [2.75, 3.05) is 92.5 Å². The molecule has 0 radical (unpaired) electrons. The van der Waals surface area contributed by atoms with E-state index in [4.69, 9.17) is 133 Å². The Morgan fingerprint density at radius 2 is 0.239 bits per heavy atom. The Morgan fingerprint density at radius 1 is 0.148 bits per heavy atom. The molecule has 0 aromatic heterocycles. The van der Waals surface area contributed by atoms with Gasteiger partial charge in [-0.05, 0) is 193 Å². The number of hydrogen-bond donors (Lipinski definition) is 26. The Bertz CT molecular complexity index is 2200. The maximum atomic E-state index is 10.3. The molecule has 0 saturated heterocycles. The number of aliphatic hydroxyl groups excluding tert-OH is 21. The van der Waals surface area contributed by atoms with Crippen LogP contribution in [0.4, 0.5) is 0 Å². The fourth-order valence-electron chi connectivity index (χ4n) is 10.8. The van der Waals surface area contributed by atoms with Gasteiger partial charge < -0.3 is 133 Å². The standard InChI is InChI=1S/5C18H32O2.7C3H8O3/c5*1-2-3-4-5-6-7-8-9-10-11-12-13-14-15-16-17-18(19)20;7*4-1-3(6)2-5/h5*6-7,9-10H,2-5,8,11-17H2,1H3,(H,19,20);7*3-6H,1-2H2/b5*7-6-,10-9-;;;;;;;. The van der Waals surface area contributed by atoms with Crippen molar-refractivity contribution >= 4 is 29.8 Å². The number of unbranched alkanes of at least 4 members (excludes halogenated alkanes) is 40. The average Bonchev–Trinajstić information content (AvgIpc) is 1.11. The minimum Gasteiger partial charge on any atom is -0.481 e. The van der Waals surface area contributed by atoms with Crippen molar-refractivity contribution in [3.05, 3.63) is 122 Å². The highest BCUT2D eigenvalue weighted by molar-refractivity contribution is 5.67. The highest BCUT2D eigenvalue weighted by Gasteiger charge is 2.04. The fourth-order valence-corrected chi connectivity index (χ4v) is 10.8. The molecule has 0 bridgehead atoms. The molecule has 0 aliphatic carbocycles. The van der Waals surface area contributed by atoms with Gasteiger partial charge in [0.15, 0.2) is 0 Å². The zero-order chi connectivity index (χ0) is 109. The third kappa shape index (κ3) is 207. The van der Waals surface area contributed by atoms with Gasteiger partial charge in [0.2, 0.25) is 0 Å². The first-order valence-corrected chi connectivity index (χ1v) is 53.4. The molecule has 0 heterocycles. The number of allylic oxidation sites excluding steroid dienone is 20. The monoisotopic (exact) mass is 2050 g/mol. The van der Waals surface area contributed by atoms with Gasteiger partial charge >= 0.3 is 29.8 Å². The molecule has 31 heteroatoms. The molecule has 0 rings (SSSR count). The lowest BCUT2D eigenvalue weighted by Gasteiger charge is -1.98. The number of carbonyl (C=O) groups is 5. The van der Waals surface area contributed by atoms with E-state index in [-0.39, 0.29) is 92.5 Å². The Balaban J connectivity index is -0.000000135. The van der Waals surface area contributed by atoms with Crippen LogP contribution in [0.2, 0.25) is 0 Å². The van der Waals surface area contributed by atoms with Gasteiger partial charge in [0, 0.05) is 32.1 Å². The average molecular weight is 2050 g/mol. The second-order valence-corrected chi connectivity index (χ2v) is 34.0. The smallest absolute Gasteiger partial charge is 0.303 e. The molecule has 846 valence electrons. The fraction of sp³-hybridized carbons (Fsp3) is 0.775. The van der Waals surface area contributed by atoms with Gasteiger partial charge in [0.05, 0.1) is 92.5 Å². The lowest BCUT2D eigenvalue weighted by Crippen LogP contribution is -2.15. The van der Waals surface area contributed by atoms with Gasteiger partial charge in [-0.1, -0.05) is 317 Å². The summed E-state index contributed by atoms with van der Waals surface area (Å²) in [7, 11) is 0. The molecule has 26 N–H and O–H groups in total. The van der Waals surface area contributed by atoms with Crippen LogP contribution in [0.3, 0.4) is 0 Å². The molecule has 0 aliphatic rings. The van der Waals surface area contributed by atoms with Gasteiger partial charge in [-0.2, -0.15) is 0 Å². The van der Waals surface area contributed by atoms with Gasteiger partial charge in [-0.15, -0.1) is 0 Å².